The summed E-state index contributed by atoms with van der Waals surface area (Å²) in [6.07, 6.45) is 0. The van der Waals surface area contributed by atoms with Crippen molar-refractivity contribution < 1.29 is 9.53 Å². The predicted octanol–water partition coefficient (Wildman–Crippen LogP) is 4.17. The number of rotatable bonds is 2. The molecule has 2 aromatic rings. The van der Waals surface area contributed by atoms with Crippen molar-refractivity contribution >= 4 is 6.47 Å². The number of ether oxygens (including phenoxy) is 1. The van der Waals surface area contributed by atoms with Crippen molar-refractivity contribution in [2.24, 2.45) is 0 Å². The van der Waals surface area contributed by atoms with Gasteiger partial charge in [0.05, 0.1) is 7.11 Å². The van der Waals surface area contributed by atoms with Crippen LogP contribution in [0.4, 0.5) is 0 Å². The summed E-state index contributed by atoms with van der Waals surface area (Å²) >= 11 is 0. The van der Waals surface area contributed by atoms with Crippen LogP contribution in [-0.4, -0.2) is 13.6 Å². The molecule has 0 spiro atoms. The number of hydrogen-bond acceptors (Lipinski definition) is 2. The van der Waals surface area contributed by atoms with E-state index in [0.29, 0.717) is 6.47 Å². The fourth-order valence-electron chi connectivity index (χ4n) is 1.26. The summed E-state index contributed by atoms with van der Waals surface area (Å²) in [4.78, 5) is 8.95. The van der Waals surface area contributed by atoms with Crippen LogP contribution >= 0.6 is 0 Å². The van der Waals surface area contributed by atoms with Gasteiger partial charge in [-0.2, -0.15) is 0 Å². The van der Waals surface area contributed by atoms with Crippen molar-refractivity contribution in [3.05, 3.63) is 60.7 Å². The molecule has 0 bridgehead atoms. The van der Waals surface area contributed by atoms with E-state index in [0.717, 1.165) is 0 Å². The Labute approximate surface area is 109 Å². The maximum atomic E-state index is 8.95. The van der Waals surface area contributed by atoms with Crippen molar-refractivity contribution in [2.75, 3.05) is 7.11 Å². The Kier molecular flexibility index (Phi) is 10.1. The second-order valence-electron chi connectivity index (χ2n) is 3.06. The molecule has 0 atom stereocenters. The Bertz CT molecular complexity index is 358. The van der Waals surface area contributed by atoms with Gasteiger partial charge >= 0.3 is 0 Å². The topological polar surface area (TPSA) is 26.3 Å². The molecule has 0 aromatic heterocycles. The highest BCUT2D eigenvalue weighted by atomic mass is 16.5. The Morgan fingerprint density at radius 3 is 1.28 bits per heavy atom. The highest BCUT2D eigenvalue weighted by Crippen LogP contribution is 2.17. The van der Waals surface area contributed by atoms with E-state index in [1.54, 1.807) is 0 Å². The van der Waals surface area contributed by atoms with Gasteiger partial charge in [-0.25, -0.2) is 0 Å². The Morgan fingerprint density at radius 1 is 0.778 bits per heavy atom. The Hall–Kier alpha value is -2.09. The largest absolute Gasteiger partial charge is 0.471 e. The van der Waals surface area contributed by atoms with Crippen molar-refractivity contribution in [3.8, 4) is 11.1 Å². The van der Waals surface area contributed by atoms with Crippen molar-refractivity contribution in [2.45, 2.75) is 13.8 Å². The van der Waals surface area contributed by atoms with Gasteiger partial charge in [0.15, 0.2) is 0 Å². The molecule has 0 radical (unpaired) electrons. The molecule has 0 aliphatic carbocycles. The lowest BCUT2D eigenvalue weighted by Gasteiger charge is -1.98. The number of benzene rings is 2. The fourth-order valence-corrected chi connectivity index (χ4v) is 1.26. The zero-order chi connectivity index (χ0) is 13.6. The molecule has 0 saturated carbocycles. The number of hydrogen-bond donors (Lipinski definition) is 0. The smallest absolute Gasteiger partial charge is 0.292 e. The molecule has 2 nitrogen and oxygen atoms in total. The lowest BCUT2D eigenvalue weighted by atomic mass is 10.1. The van der Waals surface area contributed by atoms with Gasteiger partial charge in [-0.3, -0.25) is 4.79 Å². The van der Waals surface area contributed by atoms with Gasteiger partial charge in [-0.1, -0.05) is 74.5 Å². The van der Waals surface area contributed by atoms with E-state index in [1.165, 1.54) is 18.2 Å². The van der Waals surface area contributed by atoms with E-state index < -0.39 is 0 Å². The second-order valence-corrected chi connectivity index (χ2v) is 3.06. The Morgan fingerprint density at radius 2 is 1.06 bits per heavy atom. The molecule has 96 valence electrons. The highest BCUT2D eigenvalue weighted by molar-refractivity contribution is 5.62. The predicted molar refractivity (Wildman–Crippen MR) is 76.3 cm³/mol. The van der Waals surface area contributed by atoms with Gasteiger partial charge in [0.2, 0.25) is 0 Å². The Balaban J connectivity index is 0.000000415. The minimum Gasteiger partial charge on any atom is -0.471 e. The van der Waals surface area contributed by atoms with Crippen LogP contribution < -0.4 is 0 Å². The van der Waals surface area contributed by atoms with Gasteiger partial charge in [-0.05, 0) is 11.1 Å². The quantitative estimate of drug-likeness (QED) is 0.741. The molecular formula is C16H20O2. The van der Waals surface area contributed by atoms with E-state index in [4.69, 9.17) is 4.79 Å². The van der Waals surface area contributed by atoms with Crippen molar-refractivity contribution in [3.63, 3.8) is 0 Å². The molecule has 0 fully saturated rings. The normalized spacial score (nSPS) is 7.94. The van der Waals surface area contributed by atoms with Crippen LogP contribution in [0, 0.1) is 0 Å². The second kappa shape index (κ2) is 11.4. The molecule has 0 saturated heterocycles. The summed E-state index contributed by atoms with van der Waals surface area (Å²) in [5, 5.41) is 0. The van der Waals surface area contributed by atoms with Crippen LogP contribution in [0.15, 0.2) is 60.7 Å². The summed E-state index contributed by atoms with van der Waals surface area (Å²) in [6, 6.07) is 20.8. The first kappa shape index (κ1) is 15.9. The lowest BCUT2D eigenvalue weighted by molar-refractivity contribution is -0.126. The minimum absolute atomic E-state index is 0.375. The molecule has 2 heteroatoms. The van der Waals surface area contributed by atoms with E-state index >= 15 is 0 Å². The van der Waals surface area contributed by atoms with Gasteiger partial charge in [0.1, 0.15) is 0 Å². The lowest BCUT2D eigenvalue weighted by Crippen LogP contribution is -1.73. The van der Waals surface area contributed by atoms with Crippen LogP contribution in [-0.2, 0) is 9.53 Å². The zero-order valence-electron chi connectivity index (χ0n) is 11.2. The summed E-state index contributed by atoms with van der Waals surface area (Å²) in [5.41, 5.74) is 2.55. The van der Waals surface area contributed by atoms with Crippen molar-refractivity contribution in [1.82, 2.24) is 0 Å². The molecule has 0 N–H and O–H groups in total. The molecule has 0 aliphatic heterocycles. The minimum atomic E-state index is 0.375. The number of carbonyl (C=O) groups excluding carboxylic acids is 1. The third kappa shape index (κ3) is 6.48. The standard InChI is InChI=1S/C12H10.C2H4O2.C2H6/c1-3-7-11(8-4-1)12-9-5-2-6-10-12;1-4-2-3;1-2/h1-10H;2H,1H3;1-2H3. The average Bonchev–Trinajstić information content (AvgIpc) is 2.51. The van der Waals surface area contributed by atoms with Gasteiger partial charge in [-0.15, -0.1) is 0 Å². The third-order valence-electron chi connectivity index (χ3n) is 1.98. The fraction of sp³-hybridized carbons (Fsp3) is 0.188. The maximum absolute atomic E-state index is 8.95. The number of methoxy groups -OCH3 is 1. The van der Waals surface area contributed by atoms with Gasteiger partial charge in [0.25, 0.3) is 6.47 Å². The monoisotopic (exact) mass is 244 g/mol. The van der Waals surface area contributed by atoms with Crippen LogP contribution in [0.2, 0.25) is 0 Å². The van der Waals surface area contributed by atoms with E-state index in [2.05, 4.69) is 53.3 Å². The van der Waals surface area contributed by atoms with E-state index in [9.17, 15) is 0 Å². The molecule has 0 unspecified atom stereocenters. The summed E-state index contributed by atoms with van der Waals surface area (Å²) in [6.45, 7) is 4.38. The van der Waals surface area contributed by atoms with Crippen LogP contribution in [0.25, 0.3) is 11.1 Å². The molecule has 0 aliphatic rings. The summed E-state index contributed by atoms with van der Waals surface area (Å²) in [7, 11) is 1.31. The van der Waals surface area contributed by atoms with Gasteiger partial charge < -0.3 is 4.74 Å². The molecule has 18 heavy (non-hydrogen) atoms. The van der Waals surface area contributed by atoms with Crippen molar-refractivity contribution in [1.29, 1.82) is 0 Å². The van der Waals surface area contributed by atoms with Crippen LogP contribution in [0.3, 0.4) is 0 Å². The van der Waals surface area contributed by atoms with Crippen LogP contribution in [0.1, 0.15) is 13.8 Å². The van der Waals surface area contributed by atoms with Gasteiger partial charge in [0, 0.05) is 0 Å². The number of carbonyl (C=O) groups is 1. The summed E-state index contributed by atoms with van der Waals surface area (Å²) < 4.78 is 3.86. The first-order valence-corrected chi connectivity index (χ1v) is 5.95. The third-order valence-corrected chi connectivity index (χ3v) is 1.98. The maximum Gasteiger partial charge on any atom is 0.292 e. The first-order valence-electron chi connectivity index (χ1n) is 5.95. The first-order chi connectivity index (χ1) is 8.88. The van der Waals surface area contributed by atoms with Crippen LogP contribution in [0.5, 0.6) is 0 Å². The molecule has 0 amide bonds. The SMILES string of the molecule is CC.COC=O.c1ccc(-c2ccccc2)cc1. The van der Waals surface area contributed by atoms with E-state index in [1.807, 2.05) is 26.0 Å². The molecule has 2 aromatic carbocycles. The van der Waals surface area contributed by atoms with E-state index in [-0.39, 0.29) is 0 Å². The average molecular weight is 244 g/mol. The highest BCUT2D eigenvalue weighted by Gasteiger charge is 1.91. The molecule has 0 heterocycles. The zero-order valence-corrected chi connectivity index (χ0v) is 11.2. The molecular weight excluding hydrogens is 224 g/mol. The molecule has 2 rings (SSSR count). The summed E-state index contributed by atoms with van der Waals surface area (Å²) in [5.74, 6) is 0.